The molecule has 1 saturated carbocycles. The van der Waals surface area contributed by atoms with Crippen LogP contribution in [0.1, 0.15) is 35.4 Å². The van der Waals surface area contributed by atoms with Gasteiger partial charge in [0.05, 0.1) is 11.8 Å². The zero-order valence-corrected chi connectivity index (χ0v) is 14.7. The summed E-state index contributed by atoms with van der Waals surface area (Å²) in [6.45, 7) is 0.717. The number of aromatic amines is 1. The molecule has 3 heterocycles. The van der Waals surface area contributed by atoms with E-state index >= 15 is 0 Å². The number of aromatic hydroxyl groups is 1. The Morgan fingerprint density at radius 2 is 1.96 bits per heavy atom. The highest BCUT2D eigenvalue weighted by atomic mass is 19.4. The third-order valence-electron chi connectivity index (χ3n) is 5.28. The summed E-state index contributed by atoms with van der Waals surface area (Å²) in [5, 5.41) is 25.9. The lowest BCUT2D eigenvalue weighted by atomic mass is 9.96. The van der Waals surface area contributed by atoms with Gasteiger partial charge in [-0.15, -0.1) is 10.2 Å². The van der Waals surface area contributed by atoms with Gasteiger partial charge in [-0.25, -0.2) is 0 Å². The summed E-state index contributed by atoms with van der Waals surface area (Å²) in [4.78, 5) is 2.00. The molecule has 0 unspecified atom stereocenters. The molecular formula is C19H16F3N5O. The van der Waals surface area contributed by atoms with Crippen LogP contribution in [0.3, 0.4) is 0 Å². The van der Waals surface area contributed by atoms with Crippen molar-refractivity contribution in [3.8, 4) is 17.0 Å². The minimum absolute atomic E-state index is 0.283. The smallest absolute Gasteiger partial charge is 0.416 e. The van der Waals surface area contributed by atoms with Gasteiger partial charge in [0.25, 0.3) is 0 Å². The van der Waals surface area contributed by atoms with Crippen LogP contribution in [0.5, 0.6) is 5.75 Å². The van der Waals surface area contributed by atoms with Crippen LogP contribution in [-0.4, -0.2) is 32.0 Å². The predicted octanol–water partition coefficient (Wildman–Crippen LogP) is 4.16. The fourth-order valence-electron chi connectivity index (χ4n) is 3.82. The molecule has 0 bridgehead atoms. The van der Waals surface area contributed by atoms with E-state index in [1.54, 1.807) is 6.20 Å². The van der Waals surface area contributed by atoms with E-state index in [9.17, 15) is 18.3 Å². The SMILES string of the molecule is Oc1cc(C(F)(F)F)ccc1-c1nnc2c(c1C1CC1)CCN2c1ccn[nH]1. The Kier molecular flexibility index (Phi) is 3.62. The van der Waals surface area contributed by atoms with Crippen molar-refractivity contribution in [3.63, 3.8) is 0 Å². The lowest BCUT2D eigenvalue weighted by molar-refractivity contribution is -0.137. The number of rotatable bonds is 3. The van der Waals surface area contributed by atoms with Crippen LogP contribution < -0.4 is 4.90 Å². The number of phenolic OH excluding ortho intramolecular Hbond substituents is 1. The van der Waals surface area contributed by atoms with Gasteiger partial charge in [0, 0.05) is 23.7 Å². The minimum Gasteiger partial charge on any atom is -0.507 e. The fraction of sp³-hybridized carbons (Fsp3) is 0.316. The number of anilines is 2. The Morgan fingerprint density at radius 3 is 2.61 bits per heavy atom. The molecule has 0 saturated heterocycles. The first kappa shape index (κ1) is 17.0. The van der Waals surface area contributed by atoms with E-state index in [0.717, 1.165) is 54.2 Å². The van der Waals surface area contributed by atoms with Gasteiger partial charge in [0.1, 0.15) is 17.3 Å². The lowest BCUT2D eigenvalue weighted by Crippen LogP contribution is -2.15. The molecule has 1 aromatic carbocycles. The summed E-state index contributed by atoms with van der Waals surface area (Å²) in [6.07, 6.45) is -0.0992. The standard InChI is InChI=1S/C19H16F3N5O/c20-19(21,22)11-3-4-12(14(28)9-11)17-16(10-1-2-10)13-6-8-27(18(13)26-25-17)15-5-7-23-24-15/h3-5,7,9-10,28H,1-2,6,8H2,(H,23,24). The zero-order chi connectivity index (χ0) is 19.5. The number of hydrogen-bond acceptors (Lipinski definition) is 5. The maximum absolute atomic E-state index is 12.9. The molecule has 144 valence electrons. The number of nitrogens with zero attached hydrogens (tertiary/aromatic N) is 4. The Labute approximate surface area is 158 Å². The van der Waals surface area contributed by atoms with Crippen LogP contribution in [0, 0.1) is 0 Å². The molecule has 1 fully saturated rings. The first-order chi connectivity index (χ1) is 13.4. The van der Waals surface area contributed by atoms with E-state index < -0.39 is 17.5 Å². The second kappa shape index (κ2) is 5.95. The molecule has 2 N–H and O–H groups in total. The molecule has 1 aliphatic heterocycles. The summed E-state index contributed by atoms with van der Waals surface area (Å²) >= 11 is 0. The number of fused-ring (bicyclic) bond motifs is 1. The highest BCUT2D eigenvalue weighted by Gasteiger charge is 2.37. The second-order valence-electron chi connectivity index (χ2n) is 7.11. The average Bonchev–Trinajstić information content (AvgIpc) is 3.17. The number of nitrogens with one attached hydrogen (secondary N) is 1. The molecule has 0 amide bonds. The highest BCUT2D eigenvalue weighted by molar-refractivity contribution is 5.76. The summed E-state index contributed by atoms with van der Waals surface area (Å²) < 4.78 is 38.8. The Hall–Kier alpha value is -3.10. The van der Waals surface area contributed by atoms with Crippen LogP contribution >= 0.6 is 0 Å². The van der Waals surface area contributed by atoms with Crippen molar-refractivity contribution in [1.29, 1.82) is 0 Å². The summed E-state index contributed by atoms with van der Waals surface area (Å²) in [6, 6.07) is 4.85. The molecule has 3 aromatic rings. The number of halogens is 3. The predicted molar refractivity (Wildman–Crippen MR) is 95.4 cm³/mol. The quantitative estimate of drug-likeness (QED) is 0.706. The monoisotopic (exact) mass is 387 g/mol. The van der Waals surface area contributed by atoms with Gasteiger partial charge in [0.2, 0.25) is 0 Å². The summed E-state index contributed by atoms with van der Waals surface area (Å²) in [7, 11) is 0. The lowest BCUT2D eigenvalue weighted by Gasteiger charge is -2.17. The number of phenols is 1. The fourth-order valence-corrected chi connectivity index (χ4v) is 3.82. The normalized spacial score (nSPS) is 16.5. The molecule has 0 radical (unpaired) electrons. The third-order valence-corrected chi connectivity index (χ3v) is 5.28. The van der Waals surface area contributed by atoms with E-state index in [4.69, 9.17) is 0 Å². The minimum atomic E-state index is -4.51. The maximum atomic E-state index is 12.9. The van der Waals surface area contributed by atoms with E-state index in [1.165, 1.54) is 6.07 Å². The molecular weight excluding hydrogens is 371 g/mol. The Balaban J connectivity index is 1.62. The van der Waals surface area contributed by atoms with E-state index in [0.29, 0.717) is 18.2 Å². The van der Waals surface area contributed by atoms with E-state index in [2.05, 4.69) is 20.4 Å². The highest BCUT2D eigenvalue weighted by Crippen LogP contribution is 2.50. The van der Waals surface area contributed by atoms with Crippen LogP contribution in [0.4, 0.5) is 24.8 Å². The van der Waals surface area contributed by atoms with Gasteiger partial charge in [-0.3, -0.25) is 5.10 Å². The molecule has 1 aliphatic carbocycles. The van der Waals surface area contributed by atoms with Gasteiger partial charge in [-0.1, -0.05) is 0 Å². The first-order valence-electron chi connectivity index (χ1n) is 9.00. The summed E-state index contributed by atoms with van der Waals surface area (Å²) in [5.41, 5.74) is 1.90. The van der Waals surface area contributed by atoms with Crippen molar-refractivity contribution in [2.75, 3.05) is 11.4 Å². The Bertz CT molecular complexity index is 1040. The molecule has 6 nitrogen and oxygen atoms in total. The maximum Gasteiger partial charge on any atom is 0.416 e. The number of H-pyrrole nitrogens is 1. The van der Waals surface area contributed by atoms with E-state index in [-0.39, 0.29) is 5.56 Å². The van der Waals surface area contributed by atoms with Crippen LogP contribution in [0.15, 0.2) is 30.5 Å². The zero-order valence-electron chi connectivity index (χ0n) is 14.7. The molecule has 0 spiro atoms. The van der Waals surface area contributed by atoms with Gasteiger partial charge >= 0.3 is 6.18 Å². The van der Waals surface area contributed by atoms with E-state index in [1.807, 2.05) is 11.0 Å². The van der Waals surface area contributed by atoms with Crippen molar-refractivity contribution >= 4 is 11.6 Å². The van der Waals surface area contributed by atoms with Crippen LogP contribution in [-0.2, 0) is 12.6 Å². The van der Waals surface area contributed by atoms with Crippen molar-refractivity contribution < 1.29 is 18.3 Å². The van der Waals surface area contributed by atoms with Crippen molar-refractivity contribution in [2.24, 2.45) is 0 Å². The molecule has 0 atom stereocenters. The van der Waals surface area contributed by atoms with Crippen LogP contribution in [0.2, 0.25) is 0 Å². The van der Waals surface area contributed by atoms with Crippen LogP contribution in [0.25, 0.3) is 11.3 Å². The third kappa shape index (κ3) is 2.69. The molecule has 2 aromatic heterocycles. The number of benzene rings is 1. The topological polar surface area (TPSA) is 77.9 Å². The van der Waals surface area contributed by atoms with Crippen molar-refractivity contribution in [1.82, 2.24) is 20.4 Å². The first-order valence-corrected chi connectivity index (χ1v) is 9.00. The average molecular weight is 387 g/mol. The molecule has 5 rings (SSSR count). The number of aromatic nitrogens is 4. The largest absolute Gasteiger partial charge is 0.507 e. The summed E-state index contributed by atoms with van der Waals surface area (Å²) in [5.74, 6) is 1.42. The number of alkyl halides is 3. The van der Waals surface area contributed by atoms with Gasteiger partial charge < -0.3 is 10.0 Å². The molecule has 9 heteroatoms. The van der Waals surface area contributed by atoms with Gasteiger partial charge in [-0.05, 0) is 48.9 Å². The number of hydrogen-bond donors (Lipinski definition) is 2. The molecule has 2 aliphatic rings. The van der Waals surface area contributed by atoms with Gasteiger partial charge in [0.15, 0.2) is 5.82 Å². The Morgan fingerprint density at radius 1 is 1.14 bits per heavy atom. The van der Waals surface area contributed by atoms with Gasteiger partial charge in [-0.2, -0.15) is 18.3 Å². The van der Waals surface area contributed by atoms with Crippen molar-refractivity contribution in [3.05, 3.63) is 47.2 Å². The molecule has 28 heavy (non-hydrogen) atoms. The second-order valence-corrected chi connectivity index (χ2v) is 7.11. The van der Waals surface area contributed by atoms with Crippen molar-refractivity contribution in [2.45, 2.75) is 31.4 Å².